The van der Waals surface area contributed by atoms with E-state index >= 15 is 0 Å². The number of thioether (sulfide) groups is 1. The summed E-state index contributed by atoms with van der Waals surface area (Å²) in [6.45, 7) is 2.25. The summed E-state index contributed by atoms with van der Waals surface area (Å²) in [5, 5.41) is 0.472. The summed E-state index contributed by atoms with van der Waals surface area (Å²) >= 11 is 1.92. The van der Waals surface area contributed by atoms with Crippen LogP contribution in [0.1, 0.15) is 6.92 Å². The Morgan fingerprint density at radius 1 is 0.938 bits per heavy atom. The highest BCUT2D eigenvalue weighted by Crippen LogP contribution is 2.46. The fourth-order valence-electron chi connectivity index (χ4n) is 2.13. The van der Waals surface area contributed by atoms with Crippen LogP contribution in [0.4, 0.5) is 11.4 Å². The van der Waals surface area contributed by atoms with Crippen molar-refractivity contribution >= 4 is 23.1 Å². The van der Waals surface area contributed by atoms with Crippen molar-refractivity contribution in [2.24, 2.45) is 0 Å². The Morgan fingerprint density at radius 2 is 1.62 bits per heavy atom. The molecule has 1 heterocycles. The van der Waals surface area contributed by atoms with E-state index in [2.05, 4.69) is 66.4 Å². The third-order valence-corrected chi connectivity index (χ3v) is 3.97. The van der Waals surface area contributed by atoms with Crippen molar-refractivity contribution in [2.45, 2.75) is 17.2 Å². The molecule has 0 aromatic heterocycles. The smallest absolute Gasteiger partial charge is 0.0818 e. The van der Waals surface area contributed by atoms with E-state index in [-0.39, 0.29) is 0 Å². The minimum atomic E-state index is 0.472. The van der Waals surface area contributed by atoms with Crippen molar-refractivity contribution in [3.05, 3.63) is 54.6 Å². The largest absolute Gasteiger partial charge is 0.328 e. The quantitative estimate of drug-likeness (QED) is 0.715. The van der Waals surface area contributed by atoms with Gasteiger partial charge >= 0.3 is 0 Å². The van der Waals surface area contributed by atoms with Gasteiger partial charge in [0.1, 0.15) is 0 Å². The van der Waals surface area contributed by atoms with Crippen LogP contribution < -0.4 is 4.90 Å². The lowest BCUT2D eigenvalue weighted by molar-refractivity contribution is 0.975. The Morgan fingerprint density at radius 3 is 2.44 bits per heavy atom. The maximum atomic E-state index is 2.39. The number of fused-ring (bicyclic) bond motifs is 1. The molecule has 2 aromatic carbocycles. The lowest BCUT2D eigenvalue weighted by atomic mass is 10.2. The Labute approximate surface area is 100 Å². The number of nitrogens with zero attached hydrogens (tertiary/aromatic N) is 1. The van der Waals surface area contributed by atoms with E-state index < -0.39 is 0 Å². The molecule has 0 amide bonds. The molecule has 3 rings (SSSR count). The number of hydrogen-bond acceptors (Lipinski definition) is 2. The van der Waals surface area contributed by atoms with Crippen LogP contribution in [-0.2, 0) is 0 Å². The van der Waals surface area contributed by atoms with Gasteiger partial charge in [0.25, 0.3) is 0 Å². The van der Waals surface area contributed by atoms with Gasteiger partial charge in [0.15, 0.2) is 0 Å². The van der Waals surface area contributed by atoms with Crippen molar-refractivity contribution in [3.63, 3.8) is 0 Å². The van der Waals surface area contributed by atoms with Crippen molar-refractivity contribution in [3.8, 4) is 0 Å². The lowest BCUT2D eigenvalue weighted by Crippen LogP contribution is -2.20. The van der Waals surface area contributed by atoms with Gasteiger partial charge in [-0.05, 0) is 31.2 Å². The highest BCUT2D eigenvalue weighted by atomic mass is 32.2. The SMILES string of the molecule is CC1Sc2ccccc2N1c1ccccc1. The van der Waals surface area contributed by atoms with Crippen molar-refractivity contribution in [1.82, 2.24) is 0 Å². The zero-order valence-corrected chi connectivity index (χ0v) is 9.95. The molecular formula is C14H13NS. The summed E-state index contributed by atoms with van der Waals surface area (Å²) in [6.07, 6.45) is 0. The van der Waals surface area contributed by atoms with Crippen LogP contribution in [0, 0.1) is 0 Å². The van der Waals surface area contributed by atoms with Gasteiger partial charge in [0.05, 0.1) is 11.1 Å². The van der Waals surface area contributed by atoms with Gasteiger partial charge < -0.3 is 4.90 Å². The van der Waals surface area contributed by atoms with E-state index in [1.165, 1.54) is 16.3 Å². The Balaban J connectivity index is 2.09. The Hall–Kier alpha value is -1.41. The van der Waals surface area contributed by atoms with Crippen LogP contribution in [-0.4, -0.2) is 5.37 Å². The maximum absolute atomic E-state index is 2.39. The molecular weight excluding hydrogens is 214 g/mol. The van der Waals surface area contributed by atoms with Gasteiger partial charge in [0.2, 0.25) is 0 Å². The molecule has 1 aliphatic rings. The predicted octanol–water partition coefficient (Wildman–Crippen LogP) is 4.28. The second kappa shape index (κ2) is 3.87. The molecule has 1 unspecified atom stereocenters. The first-order chi connectivity index (χ1) is 7.86. The van der Waals surface area contributed by atoms with Crippen LogP contribution in [0.25, 0.3) is 0 Å². The summed E-state index contributed by atoms with van der Waals surface area (Å²) in [4.78, 5) is 3.76. The minimum Gasteiger partial charge on any atom is -0.328 e. The number of anilines is 2. The summed E-state index contributed by atoms with van der Waals surface area (Å²) in [6, 6.07) is 19.2. The molecule has 16 heavy (non-hydrogen) atoms. The van der Waals surface area contributed by atoms with Gasteiger partial charge in [-0.25, -0.2) is 0 Å². The number of rotatable bonds is 1. The van der Waals surface area contributed by atoms with E-state index in [1.54, 1.807) is 0 Å². The van der Waals surface area contributed by atoms with E-state index in [0.717, 1.165) is 0 Å². The Kier molecular flexibility index (Phi) is 2.37. The summed E-state index contributed by atoms with van der Waals surface area (Å²) in [7, 11) is 0. The molecule has 80 valence electrons. The van der Waals surface area contributed by atoms with Crippen LogP contribution in [0.15, 0.2) is 59.5 Å². The lowest BCUT2D eigenvalue weighted by Gasteiger charge is -2.23. The molecule has 0 radical (unpaired) electrons. The van der Waals surface area contributed by atoms with Crippen molar-refractivity contribution < 1.29 is 0 Å². The molecule has 2 aromatic rings. The number of para-hydroxylation sites is 2. The first kappa shape index (κ1) is 9.79. The molecule has 2 heteroatoms. The molecule has 0 saturated heterocycles. The fraction of sp³-hybridized carbons (Fsp3) is 0.143. The Bertz CT molecular complexity index is 495. The van der Waals surface area contributed by atoms with Crippen LogP contribution >= 0.6 is 11.8 Å². The zero-order valence-electron chi connectivity index (χ0n) is 9.13. The zero-order chi connectivity index (χ0) is 11.0. The van der Waals surface area contributed by atoms with Crippen molar-refractivity contribution in [1.29, 1.82) is 0 Å². The minimum absolute atomic E-state index is 0.472. The highest BCUT2D eigenvalue weighted by Gasteiger charge is 2.27. The third kappa shape index (κ3) is 1.50. The summed E-state index contributed by atoms with van der Waals surface area (Å²) in [5.41, 5.74) is 2.60. The molecule has 0 N–H and O–H groups in total. The van der Waals surface area contributed by atoms with Gasteiger partial charge in [-0.1, -0.05) is 42.1 Å². The first-order valence-electron chi connectivity index (χ1n) is 5.46. The third-order valence-electron chi connectivity index (χ3n) is 2.82. The molecule has 1 atom stereocenters. The molecule has 1 nitrogen and oxygen atoms in total. The second-order valence-corrected chi connectivity index (χ2v) is 5.25. The fourth-order valence-corrected chi connectivity index (χ4v) is 3.28. The van der Waals surface area contributed by atoms with Crippen LogP contribution in [0.3, 0.4) is 0 Å². The maximum Gasteiger partial charge on any atom is 0.0818 e. The van der Waals surface area contributed by atoms with Crippen LogP contribution in [0.2, 0.25) is 0 Å². The standard InChI is InChI=1S/C14H13NS/c1-11-15(12-7-3-2-4-8-12)13-9-5-6-10-14(13)16-11/h2-11H,1H3. The predicted molar refractivity (Wildman–Crippen MR) is 70.3 cm³/mol. The normalized spacial score (nSPS) is 18.6. The molecule has 0 fully saturated rings. The highest BCUT2D eigenvalue weighted by molar-refractivity contribution is 8.00. The van der Waals surface area contributed by atoms with E-state index in [9.17, 15) is 0 Å². The van der Waals surface area contributed by atoms with E-state index in [0.29, 0.717) is 5.37 Å². The first-order valence-corrected chi connectivity index (χ1v) is 6.34. The topological polar surface area (TPSA) is 3.24 Å². The number of benzene rings is 2. The van der Waals surface area contributed by atoms with Crippen molar-refractivity contribution in [2.75, 3.05) is 4.90 Å². The van der Waals surface area contributed by atoms with E-state index in [4.69, 9.17) is 0 Å². The molecule has 0 bridgehead atoms. The van der Waals surface area contributed by atoms with Gasteiger partial charge in [-0.3, -0.25) is 0 Å². The molecule has 0 saturated carbocycles. The molecule has 0 aliphatic carbocycles. The molecule has 1 aliphatic heterocycles. The monoisotopic (exact) mass is 227 g/mol. The van der Waals surface area contributed by atoms with Crippen LogP contribution in [0.5, 0.6) is 0 Å². The van der Waals surface area contributed by atoms with Gasteiger partial charge in [-0.15, -0.1) is 0 Å². The van der Waals surface area contributed by atoms with Gasteiger partial charge in [-0.2, -0.15) is 0 Å². The summed E-state index contributed by atoms with van der Waals surface area (Å²) in [5.74, 6) is 0. The van der Waals surface area contributed by atoms with Gasteiger partial charge in [0, 0.05) is 10.6 Å². The van der Waals surface area contributed by atoms with E-state index in [1.807, 2.05) is 11.8 Å². The molecule has 0 spiro atoms. The summed E-state index contributed by atoms with van der Waals surface area (Å²) < 4.78 is 0. The number of hydrogen-bond donors (Lipinski definition) is 0. The average molecular weight is 227 g/mol. The second-order valence-electron chi connectivity index (χ2n) is 3.89. The average Bonchev–Trinajstić information content (AvgIpc) is 2.66.